The summed E-state index contributed by atoms with van der Waals surface area (Å²) in [5.74, 6) is 0. The van der Waals surface area contributed by atoms with Gasteiger partial charge in [-0.2, -0.15) is 0 Å². The summed E-state index contributed by atoms with van der Waals surface area (Å²) in [6, 6.07) is 12.1. The smallest absolute Gasteiger partial charge is 0.0854 e. The third kappa shape index (κ3) is 2.64. The van der Waals surface area contributed by atoms with E-state index in [-0.39, 0.29) is 5.38 Å². The van der Waals surface area contributed by atoms with E-state index in [4.69, 9.17) is 11.6 Å². The molecule has 0 amide bonds. The molecule has 0 saturated carbocycles. The highest BCUT2D eigenvalue weighted by Crippen LogP contribution is 2.40. The van der Waals surface area contributed by atoms with Crippen LogP contribution in [0.1, 0.15) is 16.5 Å². The van der Waals surface area contributed by atoms with Gasteiger partial charge in [0.15, 0.2) is 0 Å². The Morgan fingerprint density at radius 3 is 2.33 bits per heavy atom. The van der Waals surface area contributed by atoms with Crippen molar-refractivity contribution in [3.63, 3.8) is 0 Å². The Labute approximate surface area is 115 Å². The van der Waals surface area contributed by atoms with Gasteiger partial charge in [-0.3, -0.25) is 0 Å². The molecule has 4 heteroatoms. The Morgan fingerprint density at radius 2 is 1.80 bits per heavy atom. The van der Waals surface area contributed by atoms with Crippen LogP contribution in [0.3, 0.4) is 0 Å². The molecule has 1 atom stereocenters. The Kier molecular flexibility index (Phi) is 3.88. The van der Waals surface area contributed by atoms with Crippen molar-refractivity contribution in [1.82, 2.24) is 0 Å². The van der Waals surface area contributed by atoms with E-state index in [2.05, 4.69) is 37.9 Å². The maximum Gasteiger partial charge on any atom is 0.0854 e. The third-order valence-electron chi connectivity index (χ3n) is 2.05. The second-order valence-corrected chi connectivity index (χ2v) is 7.24. The molecule has 0 aliphatic heterocycles. The summed E-state index contributed by atoms with van der Waals surface area (Å²) in [5, 5.41) is -0.0943. The van der Waals surface area contributed by atoms with E-state index in [1.54, 1.807) is 11.3 Å². The van der Waals surface area contributed by atoms with Gasteiger partial charge in [0.25, 0.3) is 0 Å². The highest BCUT2D eigenvalue weighted by molar-refractivity contribution is 9.12. The molecule has 0 aliphatic rings. The van der Waals surface area contributed by atoms with Crippen molar-refractivity contribution in [2.75, 3.05) is 0 Å². The van der Waals surface area contributed by atoms with Gasteiger partial charge >= 0.3 is 0 Å². The minimum absolute atomic E-state index is 0.0943. The number of thiophene rings is 1. The molecule has 0 bridgehead atoms. The maximum atomic E-state index is 6.41. The lowest BCUT2D eigenvalue weighted by atomic mass is 10.1. The molecule has 1 heterocycles. The molecule has 0 saturated heterocycles. The highest BCUT2D eigenvalue weighted by atomic mass is 79.9. The first-order valence-electron chi connectivity index (χ1n) is 4.32. The third-order valence-corrected chi connectivity index (χ3v) is 4.92. The molecule has 0 spiro atoms. The van der Waals surface area contributed by atoms with Crippen LogP contribution >= 0.6 is 54.8 Å². The number of hydrogen-bond donors (Lipinski definition) is 0. The number of benzene rings is 1. The van der Waals surface area contributed by atoms with Crippen LogP contribution in [0.2, 0.25) is 0 Å². The van der Waals surface area contributed by atoms with Crippen molar-refractivity contribution in [2.45, 2.75) is 5.38 Å². The zero-order chi connectivity index (χ0) is 10.8. The van der Waals surface area contributed by atoms with Crippen LogP contribution < -0.4 is 0 Å². The molecule has 15 heavy (non-hydrogen) atoms. The topological polar surface area (TPSA) is 0 Å². The van der Waals surface area contributed by atoms with Crippen molar-refractivity contribution in [3.05, 3.63) is 55.1 Å². The fourth-order valence-electron chi connectivity index (χ4n) is 1.33. The number of halogens is 3. The van der Waals surface area contributed by atoms with Crippen LogP contribution in [-0.2, 0) is 0 Å². The summed E-state index contributed by atoms with van der Waals surface area (Å²) in [6.45, 7) is 0. The summed E-state index contributed by atoms with van der Waals surface area (Å²) < 4.78 is 2.17. The second kappa shape index (κ2) is 5.00. The molecule has 0 radical (unpaired) electrons. The fraction of sp³-hybridized carbons (Fsp3) is 0.0909. The average Bonchev–Trinajstić information content (AvgIpc) is 2.58. The monoisotopic (exact) mass is 364 g/mol. The van der Waals surface area contributed by atoms with Gasteiger partial charge in [0.1, 0.15) is 0 Å². The van der Waals surface area contributed by atoms with Crippen LogP contribution in [0.15, 0.2) is 44.0 Å². The van der Waals surface area contributed by atoms with Gasteiger partial charge in [0.2, 0.25) is 0 Å². The van der Waals surface area contributed by atoms with E-state index < -0.39 is 0 Å². The summed E-state index contributed by atoms with van der Waals surface area (Å²) in [4.78, 5) is 0. The molecule has 78 valence electrons. The second-order valence-electron chi connectivity index (χ2n) is 3.05. The number of alkyl halides is 1. The molecule has 1 unspecified atom stereocenters. The minimum Gasteiger partial charge on any atom is -0.121 e. The van der Waals surface area contributed by atoms with Gasteiger partial charge in [-0.25, -0.2) is 0 Å². The zero-order valence-electron chi connectivity index (χ0n) is 7.58. The Bertz CT molecular complexity index is 453. The van der Waals surface area contributed by atoms with E-state index >= 15 is 0 Å². The summed E-state index contributed by atoms with van der Waals surface area (Å²) in [7, 11) is 0. The summed E-state index contributed by atoms with van der Waals surface area (Å²) >= 11 is 15.0. The van der Waals surface area contributed by atoms with E-state index in [9.17, 15) is 0 Å². The highest BCUT2D eigenvalue weighted by Gasteiger charge is 2.16. The van der Waals surface area contributed by atoms with Gasteiger partial charge < -0.3 is 0 Å². The van der Waals surface area contributed by atoms with Crippen LogP contribution in [0.4, 0.5) is 0 Å². The molecule has 1 aromatic carbocycles. The summed E-state index contributed by atoms with van der Waals surface area (Å²) in [5.41, 5.74) is 2.23. The zero-order valence-corrected chi connectivity index (χ0v) is 12.3. The molecular weight excluding hydrogens is 359 g/mol. The Balaban J connectivity index is 2.36. The van der Waals surface area contributed by atoms with E-state index in [0.29, 0.717) is 0 Å². The Hall–Kier alpha value is 0.170. The van der Waals surface area contributed by atoms with Gasteiger partial charge in [0.05, 0.1) is 12.9 Å². The Morgan fingerprint density at radius 1 is 1.13 bits per heavy atom. The van der Waals surface area contributed by atoms with Crippen molar-refractivity contribution in [2.24, 2.45) is 0 Å². The first-order valence-corrected chi connectivity index (χ1v) is 7.16. The molecule has 1 aromatic heterocycles. The molecule has 2 rings (SSSR count). The molecule has 0 aliphatic carbocycles. The van der Waals surface area contributed by atoms with E-state index in [1.165, 1.54) is 0 Å². The number of hydrogen-bond acceptors (Lipinski definition) is 1. The SMILES string of the molecule is ClC(c1ccccc1)c1cc(Br)sc1Br. The van der Waals surface area contributed by atoms with Crippen LogP contribution in [0.25, 0.3) is 0 Å². The van der Waals surface area contributed by atoms with Crippen molar-refractivity contribution >= 4 is 54.8 Å². The average molecular weight is 367 g/mol. The quantitative estimate of drug-likeness (QED) is 0.607. The van der Waals surface area contributed by atoms with Crippen LogP contribution in [0, 0.1) is 0 Å². The summed E-state index contributed by atoms with van der Waals surface area (Å²) in [6.07, 6.45) is 0. The molecular formula is C11H7Br2ClS. The molecule has 0 fully saturated rings. The van der Waals surface area contributed by atoms with Gasteiger partial charge in [-0.15, -0.1) is 22.9 Å². The van der Waals surface area contributed by atoms with Crippen molar-refractivity contribution in [3.8, 4) is 0 Å². The first kappa shape index (κ1) is 11.6. The van der Waals surface area contributed by atoms with Gasteiger partial charge in [-0.05, 0) is 43.5 Å². The molecule has 0 nitrogen and oxygen atoms in total. The van der Waals surface area contributed by atoms with Crippen molar-refractivity contribution in [1.29, 1.82) is 0 Å². The minimum atomic E-state index is -0.0943. The lowest BCUT2D eigenvalue weighted by molar-refractivity contribution is 1.15. The normalized spacial score (nSPS) is 12.7. The van der Waals surface area contributed by atoms with Gasteiger partial charge in [-0.1, -0.05) is 30.3 Å². The van der Waals surface area contributed by atoms with Crippen LogP contribution in [0.5, 0.6) is 0 Å². The lowest BCUT2D eigenvalue weighted by Crippen LogP contribution is -1.90. The number of rotatable bonds is 2. The first-order chi connectivity index (χ1) is 7.18. The maximum absolute atomic E-state index is 6.41. The lowest BCUT2D eigenvalue weighted by Gasteiger charge is -2.08. The molecule has 0 N–H and O–H groups in total. The van der Waals surface area contributed by atoms with Gasteiger partial charge in [0, 0.05) is 5.56 Å². The van der Waals surface area contributed by atoms with Crippen molar-refractivity contribution < 1.29 is 0 Å². The molecule has 2 aromatic rings. The standard InChI is InChI=1S/C11H7Br2ClS/c12-9-6-8(11(13)15-9)10(14)7-4-2-1-3-5-7/h1-6,10H. The largest absolute Gasteiger partial charge is 0.121 e. The van der Waals surface area contributed by atoms with E-state index in [0.717, 1.165) is 18.7 Å². The van der Waals surface area contributed by atoms with E-state index in [1.807, 2.05) is 30.3 Å². The predicted octanol–water partition coefficient (Wildman–Crippen LogP) is 5.60. The predicted molar refractivity (Wildman–Crippen MR) is 73.9 cm³/mol. The van der Waals surface area contributed by atoms with Crippen LogP contribution in [-0.4, -0.2) is 0 Å². The fourth-order valence-corrected chi connectivity index (χ4v) is 4.74.